The Balaban J connectivity index is 3.04. The summed E-state index contributed by atoms with van der Waals surface area (Å²) in [5.41, 5.74) is 2.16. The van der Waals surface area contributed by atoms with E-state index in [1.54, 1.807) is 6.92 Å². The summed E-state index contributed by atoms with van der Waals surface area (Å²) in [6.45, 7) is 2.33. The summed E-state index contributed by atoms with van der Waals surface area (Å²) in [6, 6.07) is 0. The molecular weight excluding hydrogens is 272 g/mol. The summed E-state index contributed by atoms with van der Waals surface area (Å²) in [6.07, 6.45) is 2.62. The van der Waals surface area contributed by atoms with Crippen LogP contribution < -0.4 is 15.7 Å². The molecule has 0 fully saturated rings. The number of anilines is 1. The van der Waals surface area contributed by atoms with Gasteiger partial charge in [-0.3, -0.25) is 10.1 Å². The van der Waals surface area contributed by atoms with Crippen LogP contribution in [0.4, 0.5) is 5.69 Å². The second-order valence-electron chi connectivity index (χ2n) is 2.98. The van der Waals surface area contributed by atoms with E-state index < -0.39 is 20.4 Å². The molecule has 1 aromatic rings. The maximum Gasteiger partial charge on any atom is 0.309 e. The summed E-state index contributed by atoms with van der Waals surface area (Å²) in [5.74, 6) is 0. The largest absolute Gasteiger partial charge is 0.309 e. The third kappa shape index (κ3) is 3.64. The van der Waals surface area contributed by atoms with E-state index in [4.69, 9.17) is 10.3 Å². The molecule has 0 saturated carbocycles. The number of rotatable bonds is 5. The van der Waals surface area contributed by atoms with E-state index in [9.17, 15) is 16.8 Å². The predicted molar refractivity (Wildman–Crippen MR) is 59.6 cm³/mol. The molecular formula is C5H12N6O4S2. The van der Waals surface area contributed by atoms with Crippen molar-refractivity contribution in [2.75, 3.05) is 5.43 Å². The number of hydrogen-bond acceptors (Lipinski definition) is 6. The van der Waals surface area contributed by atoms with E-state index in [-0.39, 0.29) is 9.51 Å². The Hall–Kier alpha value is -1.21. The minimum atomic E-state index is -4.55. The molecule has 0 aliphatic rings. The van der Waals surface area contributed by atoms with E-state index in [0.29, 0.717) is 6.54 Å². The number of nitrogens with one attached hydrogen (secondary N) is 1. The van der Waals surface area contributed by atoms with Crippen molar-refractivity contribution >= 4 is 26.1 Å². The van der Waals surface area contributed by atoms with Gasteiger partial charge in [-0.1, -0.05) is 0 Å². The highest BCUT2D eigenvalue weighted by Gasteiger charge is 2.29. The molecule has 12 heteroatoms. The van der Waals surface area contributed by atoms with Gasteiger partial charge in [0.05, 0.1) is 11.9 Å². The smallest absolute Gasteiger partial charge is 0.286 e. The van der Waals surface area contributed by atoms with Gasteiger partial charge in [-0.2, -0.15) is 21.9 Å². The molecule has 0 radical (unpaired) electrons. The van der Waals surface area contributed by atoms with Gasteiger partial charge in [0.15, 0.2) is 0 Å². The zero-order valence-electron chi connectivity index (χ0n) is 8.81. The molecule has 0 aliphatic carbocycles. The zero-order chi connectivity index (χ0) is 13.3. The molecule has 0 atom stereocenters. The first-order chi connectivity index (χ1) is 7.64. The molecule has 0 saturated heterocycles. The quantitative estimate of drug-likeness (QED) is 0.528. The Bertz CT molecular complexity index is 558. The Morgan fingerprint density at radius 1 is 1.35 bits per heavy atom. The van der Waals surface area contributed by atoms with Crippen molar-refractivity contribution in [3.63, 3.8) is 0 Å². The monoisotopic (exact) mass is 284 g/mol. The van der Waals surface area contributed by atoms with Gasteiger partial charge in [0.1, 0.15) is 0 Å². The minimum Gasteiger partial charge on any atom is -0.286 e. The van der Waals surface area contributed by atoms with Gasteiger partial charge in [-0.15, -0.1) is 0 Å². The number of aromatic nitrogens is 2. The lowest BCUT2D eigenvalue weighted by molar-refractivity contribution is 0.525. The van der Waals surface area contributed by atoms with Crippen molar-refractivity contribution in [1.29, 1.82) is 0 Å². The van der Waals surface area contributed by atoms with Gasteiger partial charge in [0.25, 0.3) is 0 Å². The molecule has 1 rings (SSSR count). The highest BCUT2D eigenvalue weighted by molar-refractivity contribution is 8.01. The maximum atomic E-state index is 11.0. The average Bonchev–Trinajstić information content (AvgIpc) is 2.58. The second-order valence-corrected chi connectivity index (χ2v) is 6.00. The Morgan fingerprint density at radius 2 is 1.88 bits per heavy atom. The first-order valence-electron chi connectivity index (χ1n) is 4.29. The highest BCUT2D eigenvalue weighted by Crippen LogP contribution is 2.09. The Morgan fingerprint density at radius 3 is 2.24 bits per heavy atom. The van der Waals surface area contributed by atoms with Gasteiger partial charge in [-0.25, -0.2) is 10.3 Å². The number of hydrazine groups is 1. The highest BCUT2D eigenvalue weighted by atomic mass is 32.3. The van der Waals surface area contributed by atoms with Crippen molar-refractivity contribution in [1.82, 2.24) is 13.6 Å². The van der Waals surface area contributed by atoms with Crippen molar-refractivity contribution in [2.45, 2.75) is 13.5 Å². The van der Waals surface area contributed by atoms with Crippen LogP contribution in [0.3, 0.4) is 0 Å². The van der Waals surface area contributed by atoms with Crippen LogP contribution >= 0.6 is 0 Å². The van der Waals surface area contributed by atoms with Crippen LogP contribution in [0.2, 0.25) is 0 Å². The molecule has 1 heterocycles. The maximum absolute atomic E-state index is 11.0. The molecule has 0 amide bonds. The number of nitrogens with two attached hydrogens (primary N) is 2. The molecule has 1 aromatic heterocycles. The molecule has 0 spiro atoms. The van der Waals surface area contributed by atoms with E-state index >= 15 is 0 Å². The second kappa shape index (κ2) is 4.58. The van der Waals surface area contributed by atoms with E-state index in [0.717, 1.165) is 0 Å². The normalized spacial score (nSPS) is 12.9. The fourth-order valence-electron chi connectivity index (χ4n) is 0.972. The van der Waals surface area contributed by atoms with E-state index in [2.05, 4.69) is 5.10 Å². The predicted octanol–water partition coefficient (Wildman–Crippen LogP) is -2.06. The fraction of sp³-hybridized carbons (Fsp3) is 0.400. The lowest BCUT2D eigenvalue weighted by Crippen LogP contribution is -2.48. The van der Waals surface area contributed by atoms with Crippen molar-refractivity contribution in [3.8, 4) is 0 Å². The van der Waals surface area contributed by atoms with Crippen molar-refractivity contribution in [2.24, 2.45) is 10.3 Å². The molecule has 0 aromatic carbocycles. The molecule has 98 valence electrons. The SMILES string of the molecule is CCn1cc(NN(S(N)(=O)=O)S(N)(=O)=O)cn1. The minimum absolute atomic E-state index is 0.120. The number of hydrogen-bond donors (Lipinski definition) is 3. The molecule has 0 aliphatic heterocycles. The lowest BCUT2D eigenvalue weighted by Gasteiger charge is -2.16. The summed E-state index contributed by atoms with van der Waals surface area (Å²) >= 11 is 0. The van der Waals surface area contributed by atoms with Crippen LogP contribution in [0.25, 0.3) is 0 Å². The molecule has 0 bridgehead atoms. The van der Waals surface area contributed by atoms with Gasteiger partial charge in [-0.05, 0) is 6.92 Å². The third-order valence-corrected chi connectivity index (χ3v) is 3.99. The van der Waals surface area contributed by atoms with Gasteiger partial charge in [0.2, 0.25) is 0 Å². The van der Waals surface area contributed by atoms with Gasteiger partial charge >= 0.3 is 20.4 Å². The standard InChI is InChI=1S/C5H12N6O4S2/c1-2-10-4-5(3-8-10)9-11(16(6,12)13)17(7,14)15/h3-4,9H,2H2,1H3,(H2,6,12,13)(H2,7,14,15). The number of aryl methyl sites for hydroxylation is 1. The summed E-state index contributed by atoms with van der Waals surface area (Å²) in [7, 11) is -9.09. The van der Waals surface area contributed by atoms with Crippen LogP contribution in [-0.2, 0) is 27.0 Å². The zero-order valence-corrected chi connectivity index (χ0v) is 10.4. The fourth-order valence-corrected chi connectivity index (χ4v) is 2.60. The molecule has 10 nitrogen and oxygen atoms in total. The lowest BCUT2D eigenvalue weighted by atomic mass is 10.6. The third-order valence-electron chi connectivity index (χ3n) is 1.64. The first-order valence-corrected chi connectivity index (χ1v) is 7.30. The first kappa shape index (κ1) is 13.9. The summed E-state index contributed by atoms with van der Waals surface area (Å²) in [4.78, 5) is 0. The number of nitrogens with zero attached hydrogens (tertiary/aromatic N) is 3. The summed E-state index contributed by atoms with van der Waals surface area (Å²) in [5, 5.41) is 13.2. The molecule has 17 heavy (non-hydrogen) atoms. The van der Waals surface area contributed by atoms with Crippen LogP contribution in [0.15, 0.2) is 12.4 Å². The van der Waals surface area contributed by atoms with E-state index in [1.165, 1.54) is 17.1 Å². The van der Waals surface area contributed by atoms with Crippen LogP contribution in [-0.4, -0.2) is 30.4 Å². The Kier molecular flexibility index (Phi) is 3.73. The van der Waals surface area contributed by atoms with Crippen molar-refractivity contribution < 1.29 is 16.8 Å². The van der Waals surface area contributed by atoms with Gasteiger partial charge in [0, 0.05) is 16.6 Å². The van der Waals surface area contributed by atoms with Crippen molar-refractivity contribution in [3.05, 3.63) is 12.4 Å². The average molecular weight is 284 g/mol. The van der Waals surface area contributed by atoms with Crippen LogP contribution in [0, 0.1) is 0 Å². The molecule has 0 unspecified atom stereocenters. The van der Waals surface area contributed by atoms with E-state index in [1.807, 2.05) is 5.43 Å². The topological polar surface area (TPSA) is 153 Å². The molecule has 5 N–H and O–H groups in total. The van der Waals surface area contributed by atoms with Crippen LogP contribution in [0.1, 0.15) is 6.92 Å². The Labute approximate surface area is 98.5 Å². The van der Waals surface area contributed by atoms with Gasteiger partial charge < -0.3 is 0 Å². The summed E-state index contributed by atoms with van der Waals surface area (Å²) < 4.78 is 45.3. The van der Waals surface area contributed by atoms with Crippen LogP contribution in [0.5, 0.6) is 0 Å².